The lowest BCUT2D eigenvalue weighted by atomic mass is 10.1. The second-order valence-electron chi connectivity index (χ2n) is 6.97. The van der Waals surface area contributed by atoms with E-state index in [4.69, 9.17) is 0 Å². The molecular weight excluding hydrogens is 374 g/mol. The van der Waals surface area contributed by atoms with E-state index in [9.17, 15) is 13.2 Å². The summed E-state index contributed by atoms with van der Waals surface area (Å²) in [5.41, 5.74) is 0.439. The zero-order chi connectivity index (χ0) is 17.9. The van der Waals surface area contributed by atoms with Gasteiger partial charge in [0, 0.05) is 31.2 Å². The van der Waals surface area contributed by atoms with Crippen LogP contribution in [0.5, 0.6) is 0 Å². The Kier molecular flexibility index (Phi) is 7.46. The van der Waals surface area contributed by atoms with Crippen LogP contribution in [0.3, 0.4) is 0 Å². The van der Waals surface area contributed by atoms with Gasteiger partial charge < -0.3 is 10.2 Å². The maximum Gasteiger partial charge on any atom is 0.254 e. The summed E-state index contributed by atoms with van der Waals surface area (Å²) in [5, 5.41) is 3.29. The van der Waals surface area contributed by atoms with Gasteiger partial charge in [-0.1, -0.05) is 13.0 Å². The van der Waals surface area contributed by atoms with Crippen molar-refractivity contribution >= 4 is 28.3 Å². The van der Waals surface area contributed by atoms with Gasteiger partial charge in [0.1, 0.15) is 0 Å². The number of amides is 1. The summed E-state index contributed by atoms with van der Waals surface area (Å²) in [5.74, 6) is 0.379. The Bertz CT molecular complexity index is 716. The van der Waals surface area contributed by atoms with Gasteiger partial charge in [-0.15, -0.1) is 12.4 Å². The third kappa shape index (κ3) is 5.19. The van der Waals surface area contributed by atoms with Crippen LogP contribution >= 0.6 is 12.4 Å². The molecule has 0 radical (unpaired) electrons. The van der Waals surface area contributed by atoms with Crippen LogP contribution in [-0.4, -0.2) is 51.4 Å². The zero-order valence-corrected chi connectivity index (χ0v) is 16.7. The lowest BCUT2D eigenvalue weighted by Gasteiger charge is -2.28. The molecule has 0 bridgehead atoms. The van der Waals surface area contributed by atoms with Gasteiger partial charge >= 0.3 is 0 Å². The molecule has 2 aliphatic rings. The molecular formula is C18H28ClN3O3S. The molecule has 8 heteroatoms. The molecule has 2 N–H and O–H groups in total. The Morgan fingerprint density at radius 3 is 2.69 bits per heavy atom. The van der Waals surface area contributed by atoms with Crippen LogP contribution in [0.15, 0.2) is 29.2 Å². The number of nitrogens with zero attached hydrogens (tertiary/aromatic N) is 1. The first kappa shape index (κ1) is 21.2. The SMILES string of the molecule is CCCN(C(=O)c1cccc(S(=O)(=O)NCC2CC2)c1)C1CCNC1.Cl. The minimum atomic E-state index is -3.56. The molecule has 1 aliphatic heterocycles. The molecule has 1 heterocycles. The molecule has 146 valence electrons. The van der Waals surface area contributed by atoms with Crippen molar-refractivity contribution in [1.82, 2.24) is 14.9 Å². The summed E-state index contributed by atoms with van der Waals surface area (Å²) in [6, 6.07) is 6.58. The first-order chi connectivity index (χ1) is 12.0. The predicted molar refractivity (Wildman–Crippen MR) is 104 cm³/mol. The molecule has 3 rings (SSSR count). The fourth-order valence-electron chi connectivity index (χ4n) is 3.19. The highest BCUT2D eigenvalue weighted by Crippen LogP contribution is 2.28. The number of rotatable bonds is 8. The lowest BCUT2D eigenvalue weighted by Crippen LogP contribution is -2.42. The van der Waals surface area contributed by atoms with Gasteiger partial charge in [-0.25, -0.2) is 13.1 Å². The summed E-state index contributed by atoms with van der Waals surface area (Å²) in [4.78, 5) is 15.0. The number of benzene rings is 1. The molecule has 1 unspecified atom stereocenters. The molecule has 0 spiro atoms. The minimum Gasteiger partial charge on any atom is -0.334 e. The van der Waals surface area contributed by atoms with Crippen LogP contribution in [0, 0.1) is 5.92 Å². The Labute approximate surface area is 162 Å². The van der Waals surface area contributed by atoms with E-state index in [2.05, 4.69) is 10.0 Å². The third-order valence-corrected chi connectivity index (χ3v) is 6.27. The maximum atomic E-state index is 13.0. The van der Waals surface area contributed by atoms with Crippen molar-refractivity contribution in [2.75, 3.05) is 26.2 Å². The van der Waals surface area contributed by atoms with E-state index >= 15 is 0 Å². The summed E-state index contributed by atoms with van der Waals surface area (Å²) < 4.78 is 27.5. The summed E-state index contributed by atoms with van der Waals surface area (Å²) >= 11 is 0. The average molecular weight is 402 g/mol. The van der Waals surface area contributed by atoms with Gasteiger partial charge in [0.05, 0.1) is 4.90 Å². The minimum absolute atomic E-state index is 0. The Balaban J connectivity index is 0.00000243. The van der Waals surface area contributed by atoms with Crippen LogP contribution in [0.1, 0.15) is 43.0 Å². The number of halogens is 1. The standard InChI is InChI=1S/C18H27N3O3S.ClH/c1-2-10-21(16-8-9-19-13-16)18(22)15-4-3-5-17(11-15)25(23,24)20-12-14-6-7-14;/h3-5,11,14,16,19-20H,2,6-10,12-13H2,1H3;1H. The Morgan fingerprint density at radius 2 is 2.08 bits per heavy atom. The molecule has 26 heavy (non-hydrogen) atoms. The zero-order valence-electron chi connectivity index (χ0n) is 15.1. The molecule has 1 saturated carbocycles. The normalized spacial score (nSPS) is 19.8. The molecule has 6 nitrogen and oxygen atoms in total. The van der Waals surface area contributed by atoms with Crippen LogP contribution in [-0.2, 0) is 10.0 Å². The van der Waals surface area contributed by atoms with Gasteiger partial charge in [-0.3, -0.25) is 4.79 Å². The third-order valence-electron chi connectivity index (χ3n) is 4.85. The van der Waals surface area contributed by atoms with Crippen molar-refractivity contribution in [3.63, 3.8) is 0 Å². The summed E-state index contributed by atoms with van der Waals surface area (Å²) in [7, 11) is -3.56. The predicted octanol–water partition coefficient (Wildman–Crippen LogP) is 2.01. The van der Waals surface area contributed by atoms with Gasteiger partial charge in [0.25, 0.3) is 5.91 Å². The first-order valence-electron chi connectivity index (χ1n) is 9.12. The van der Waals surface area contributed by atoms with Crippen LogP contribution in [0.25, 0.3) is 0 Å². The second kappa shape index (κ2) is 9.17. The second-order valence-corrected chi connectivity index (χ2v) is 8.74. The van der Waals surface area contributed by atoms with Gasteiger partial charge in [-0.05, 0) is 56.3 Å². The number of hydrogen-bond donors (Lipinski definition) is 2. The highest BCUT2D eigenvalue weighted by Gasteiger charge is 2.28. The number of hydrogen-bond acceptors (Lipinski definition) is 4. The fourth-order valence-corrected chi connectivity index (χ4v) is 4.35. The Morgan fingerprint density at radius 1 is 1.31 bits per heavy atom. The van der Waals surface area contributed by atoms with Crippen LogP contribution in [0.4, 0.5) is 0 Å². The number of carbonyl (C=O) groups is 1. The maximum absolute atomic E-state index is 13.0. The molecule has 1 aliphatic carbocycles. The van der Waals surface area contributed by atoms with E-state index in [1.165, 1.54) is 6.07 Å². The molecule has 2 fully saturated rings. The molecule has 1 saturated heterocycles. The van der Waals surface area contributed by atoms with Crippen molar-refractivity contribution in [3.05, 3.63) is 29.8 Å². The number of carbonyl (C=O) groups excluding carboxylic acids is 1. The molecule has 0 aromatic heterocycles. The van der Waals surface area contributed by atoms with Crippen molar-refractivity contribution in [2.24, 2.45) is 5.92 Å². The topological polar surface area (TPSA) is 78.5 Å². The largest absolute Gasteiger partial charge is 0.334 e. The molecule has 1 aromatic rings. The molecule has 1 atom stereocenters. The quantitative estimate of drug-likeness (QED) is 0.698. The average Bonchev–Trinajstić information content (AvgIpc) is 3.30. The highest BCUT2D eigenvalue weighted by atomic mass is 35.5. The van der Waals surface area contributed by atoms with E-state index in [-0.39, 0.29) is 29.3 Å². The van der Waals surface area contributed by atoms with E-state index in [1.54, 1.807) is 18.2 Å². The van der Waals surface area contributed by atoms with Crippen LogP contribution < -0.4 is 10.0 Å². The van der Waals surface area contributed by atoms with E-state index in [1.807, 2.05) is 11.8 Å². The fraction of sp³-hybridized carbons (Fsp3) is 0.611. The lowest BCUT2D eigenvalue weighted by molar-refractivity contribution is 0.0692. The van der Waals surface area contributed by atoms with E-state index < -0.39 is 10.0 Å². The highest BCUT2D eigenvalue weighted by molar-refractivity contribution is 7.89. The summed E-state index contributed by atoms with van der Waals surface area (Å²) in [6.07, 6.45) is 3.99. The van der Waals surface area contributed by atoms with Crippen LogP contribution in [0.2, 0.25) is 0 Å². The van der Waals surface area contributed by atoms with Crippen molar-refractivity contribution in [2.45, 2.75) is 43.5 Å². The Hall–Kier alpha value is -1.15. The molecule has 1 amide bonds. The van der Waals surface area contributed by atoms with Crippen molar-refractivity contribution in [1.29, 1.82) is 0 Å². The van der Waals surface area contributed by atoms with Crippen molar-refractivity contribution in [3.8, 4) is 0 Å². The summed E-state index contributed by atoms with van der Waals surface area (Å²) in [6.45, 7) is 4.92. The molecule has 1 aromatic carbocycles. The first-order valence-corrected chi connectivity index (χ1v) is 10.6. The van der Waals surface area contributed by atoms with Gasteiger partial charge in [0.15, 0.2) is 0 Å². The monoisotopic (exact) mass is 401 g/mol. The van der Waals surface area contributed by atoms with E-state index in [0.29, 0.717) is 24.6 Å². The van der Waals surface area contributed by atoms with E-state index in [0.717, 1.165) is 38.8 Å². The van der Waals surface area contributed by atoms with Crippen molar-refractivity contribution < 1.29 is 13.2 Å². The number of nitrogens with one attached hydrogen (secondary N) is 2. The smallest absolute Gasteiger partial charge is 0.254 e. The number of sulfonamides is 1. The van der Waals surface area contributed by atoms with Gasteiger partial charge in [0.2, 0.25) is 10.0 Å². The van der Waals surface area contributed by atoms with Gasteiger partial charge in [-0.2, -0.15) is 0 Å².